The maximum absolute atomic E-state index is 12.2. The molecule has 2 heterocycles. The Morgan fingerprint density at radius 2 is 1.81 bits per heavy atom. The highest BCUT2D eigenvalue weighted by Gasteiger charge is 2.47. The molecule has 2 saturated heterocycles. The molecule has 148 valence electrons. The fraction of sp³-hybridized carbons (Fsp3) is 0.600. The second-order valence-corrected chi connectivity index (χ2v) is 7.50. The van der Waals surface area contributed by atoms with Crippen LogP contribution in [0, 0.1) is 0 Å². The van der Waals surface area contributed by atoms with Crippen LogP contribution in [0.1, 0.15) is 50.5 Å². The molecule has 2 aliphatic heterocycles. The lowest BCUT2D eigenvalue weighted by Crippen LogP contribution is -2.44. The van der Waals surface area contributed by atoms with Crippen LogP contribution in [-0.2, 0) is 16.2 Å². The van der Waals surface area contributed by atoms with Gasteiger partial charge in [0.2, 0.25) is 0 Å². The highest BCUT2D eigenvalue weighted by atomic mass is 16.7. The van der Waals surface area contributed by atoms with Gasteiger partial charge in [-0.05, 0) is 31.2 Å². The molecular weight excluding hydrogens is 346 g/mol. The van der Waals surface area contributed by atoms with Gasteiger partial charge in [-0.3, -0.25) is 4.84 Å². The predicted octanol–water partition coefficient (Wildman–Crippen LogP) is 2.75. The number of carbonyl (C=O) groups is 2. The Bertz CT molecular complexity index is 633. The largest absolute Gasteiger partial charge is 0.480 e. The number of nitrogens with two attached hydrogens (primary N) is 1. The van der Waals surface area contributed by atoms with Gasteiger partial charge in [-0.25, -0.2) is 9.59 Å². The molecule has 27 heavy (non-hydrogen) atoms. The number of aliphatic carboxylic acids is 1. The number of amides is 2. The molecule has 1 aromatic rings. The van der Waals surface area contributed by atoms with Gasteiger partial charge in [-0.1, -0.05) is 49.6 Å². The van der Waals surface area contributed by atoms with Crippen LogP contribution < -0.4 is 5.73 Å². The zero-order valence-corrected chi connectivity index (χ0v) is 15.6. The van der Waals surface area contributed by atoms with Gasteiger partial charge in [-0.15, -0.1) is 0 Å². The van der Waals surface area contributed by atoms with Crippen molar-refractivity contribution in [1.82, 2.24) is 9.96 Å². The van der Waals surface area contributed by atoms with Gasteiger partial charge in [0.15, 0.2) is 0 Å². The van der Waals surface area contributed by atoms with E-state index in [4.69, 9.17) is 15.7 Å². The quantitative estimate of drug-likeness (QED) is 0.843. The number of urea groups is 1. The number of carboxylic acids is 1. The fourth-order valence-electron chi connectivity index (χ4n) is 3.91. The molecular formula is C20H29N3O4. The molecule has 1 saturated carbocycles. The fourth-order valence-corrected chi connectivity index (χ4v) is 3.91. The first-order valence-corrected chi connectivity index (χ1v) is 9.81. The van der Waals surface area contributed by atoms with Crippen molar-refractivity contribution in [2.24, 2.45) is 5.73 Å². The summed E-state index contributed by atoms with van der Waals surface area (Å²) >= 11 is 0. The van der Waals surface area contributed by atoms with Crippen LogP contribution in [0.25, 0.3) is 0 Å². The third kappa shape index (κ3) is 4.99. The van der Waals surface area contributed by atoms with Crippen molar-refractivity contribution in [3.63, 3.8) is 0 Å². The first kappa shape index (κ1) is 19.6. The standard InChI is InChI=1S/C14H16N2O4.C6H13N/c17-13(18)12-7-6-11-8-15(12)14(19)16(11)20-9-10-4-2-1-3-5-10;7-6-4-2-1-3-5-6/h1-5,11-12H,6-9H2,(H,17,18);6H,1-5,7H2/t11-,12+;/m1./s1. The summed E-state index contributed by atoms with van der Waals surface area (Å²) in [7, 11) is 0. The average Bonchev–Trinajstić information content (AvgIpc) is 2.92. The summed E-state index contributed by atoms with van der Waals surface area (Å²) in [4.78, 5) is 30.3. The molecule has 3 N–H and O–H groups in total. The molecule has 0 aromatic heterocycles. The Morgan fingerprint density at radius 3 is 2.41 bits per heavy atom. The van der Waals surface area contributed by atoms with Crippen LogP contribution in [0.4, 0.5) is 4.79 Å². The zero-order valence-electron chi connectivity index (χ0n) is 15.6. The van der Waals surface area contributed by atoms with E-state index in [0.717, 1.165) is 5.56 Å². The highest BCUT2D eigenvalue weighted by molar-refractivity contribution is 5.84. The topological polar surface area (TPSA) is 96.1 Å². The lowest BCUT2D eigenvalue weighted by Gasteiger charge is -2.26. The predicted molar refractivity (Wildman–Crippen MR) is 101 cm³/mol. The third-order valence-electron chi connectivity index (χ3n) is 5.47. The number of benzene rings is 1. The Labute approximate surface area is 160 Å². The lowest BCUT2D eigenvalue weighted by molar-refractivity contribution is -0.143. The summed E-state index contributed by atoms with van der Waals surface area (Å²) < 4.78 is 0. The first-order valence-electron chi connectivity index (χ1n) is 9.81. The third-order valence-corrected chi connectivity index (χ3v) is 5.47. The number of rotatable bonds is 4. The van der Waals surface area contributed by atoms with Crippen LogP contribution in [0.2, 0.25) is 0 Å². The number of hydrogen-bond acceptors (Lipinski definition) is 4. The van der Waals surface area contributed by atoms with E-state index >= 15 is 0 Å². The highest BCUT2D eigenvalue weighted by Crippen LogP contribution is 2.30. The molecule has 2 amide bonds. The number of carboxylic acid groups (broad SMARTS) is 1. The van der Waals surface area contributed by atoms with E-state index in [1.807, 2.05) is 30.3 Å². The Hall–Kier alpha value is -2.12. The Kier molecular flexibility index (Phi) is 6.68. The van der Waals surface area contributed by atoms with E-state index in [-0.39, 0.29) is 12.1 Å². The number of carbonyl (C=O) groups excluding carboxylic acids is 1. The first-order chi connectivity index (χ1) is 13.1. The second-order valence-electron chi connectivity index (χ2n) is 7.50. The van der Waals surface area contributed by atoms with Crippen molar-refractivity contribution in [3.8, 4) is 0 Å². The number of nitrogens with zero attached hydrogens (tertiary/aromatic N) is 2. The van der Waals surface area contributed by atoms with E-state index in [1.54, 1.807) is 0 Å². The van der Waals surface area contributed by atoms with Crippen molar-refractivity contribution < 1.29 is 19.5 Å². The van der Waals surface area contributed by atoms with Gasteiger partial charge < -0.3 is 15.7 Å². The van der Waals surface area contributed by atoms with Crippen molar-refractivity contribution in [3.05, 3.63) is 35.9 Å². The molecule has 0 radical (unpaired) electrons. The minimum Gasteiger partial charge on any atom is -0.480 e. The molecule has 3 aliphatic rings. The van der Waals surface area contributed by atoms with Gasteiger partial charge in [0.05, 0.1) is 6.04 Å². The van der Waals surface area contributed by atoms with E-state index < -0.39 is 12.0 Å². The van der Waals surface area contributed by atoms with E-state index in [9.17, 15) is 9.59 Å². The molecule has 0 spiro atoms. The van der Waals surface area contributed by atoms with Crippen molar-refractivity contribution in [2.45, 2.75) is 69.7 Å². The number of hydrogen-bond donors (Lipinski definition) is 2. The molecule has 3 fully saturated rings. The molecule has 1 aliphatic carbocycles. The summed E-state index contributed by atoms with van der Waals surface area (Å²) in [6, 6.07) is 9.02. The van der Waals surface area contributed by atoms with Gasteiger partial charge in [0, 0.05) is 12.6 Å². The summed E-state index contributed by atoms with van der Waals surface area (Å²) in [5.41, 5.74) is 6.61. The monoisotopic (exact) mass is 375 g/mol. The molecule has 1 aromatic carbocycles. The van der Waals surface area contributed by atoms with Crippen molar-refractivity contribution in [1.29, 1.82) is 0 Å². The van der Waals surface area contributed by atoms with Gasteiger partial charge in [0.1, 0.15) is 12.6 Å². The number of fused-ring (bicyclic) bond motifs is 2. The number of piperidine rings is 1. The van der Waals surface area contributed by atoms with E-state index in [1.165, 1.54) is 42.1 Å². The molecule has 7 nitrogen and oxygen atoms in total. The number of hydroxylamine groups is 2. The Morgan fingerprint density at radius 1 is 1.11 bits per heavy atom. The van der Waals surface area contributed by atoms with E-state index in [2.05, 4.69) is 0 Å². The zero-order chi connectivity index (χ0) is 19.2. The maximum atomic E-state index is 12.2. The molecule has 2 bridgehead atoms. The summed E-state index contributed by atoms with van der Waals surface area (Å²) in [6.45, 7) is 0.749. The lowest BCUT2D eigenvalue weighted by atomic mass is 9.97. The van der Waals surface area contributed by atoms with Gasteiger partial charge >= 0.3 is 12.0 Å². The van der Waals surface area contributed by atoms with Gasteiger partial charge in [0.25, 0.3) is 0 Å². The Balaban J connectivity index is 0.000000253. The van der Waals surface area contributed by atoms with Crippen LogP contribution in [0.3, 0.4) is 0 Å². The molecule has 0 unspecified atom stereocenters. The van der Waals surface area contributed by atoms with Crippen LogP contribution in [0.5, 0.6) is 0 Å². The summed E-state index contributed by atoms with van der Waals surface area (Å²) in [6.07, 6.45) is 7.81. The maximum Gasteiger partial charge on any atom is 0.345 e. The smallest absolute Gasteiger partial charge is 0.345 e. The summed E-state index contributed by atoms with van der Waals surface area (Å²) in [5.74, 6) is -0.943. The van der Waals surface area contributed by atoms with Crippen molar-refractivity contribution in [2.75, 3.05) is 6.54 Å². The summed E-state index contributed by atoms with van der Waals surface area (Å²) in [5, 5.41) is 10.5. The van der Waals surface area contributed by atoms with Crippen LogP contribution >= 0.6 is 0 Å². The second kappa shape index (κ2) is 9.19. The minimum absolute atomic E-state index is 0.0400. The van der Waals surface area contributed by atoms with Crippen molar-refractivity contribution >= 4 is 12.0 Å². The average molecular weight is 375 g/mol. The minimum atomic E-state index is -0.943. The SMILES string of the molecule is NC1CCCCC1.O=C(O)[C@@H]1CC[C@@H]2CN1C(=O)N2OCc1ccccc1. The molecule has 7 heteroatoms. The van der Waals surface area contributed by atoms with E-state index in [0.29, 0.717) is 32.0 Å². The molecule has 2 atom stereocenters. The normalized spacial score (nSPS) is 25.1. The molecule has 4 rings (SSSR count). The van der Waals surface area contributed by atoms with Crippen LogP contribution in [0.15, 0.2) is 30.3 Å². The van der Waals surface area contributed by atoms with Crippen LogP contribution in [-0.4, -0.2) is 51.7 Å². The van der Waals surface area contributed by atoms with Gasteiger partial charge in [-0.2, -0.15) is 5.06 Å².